The zero-order valence-corrected chi connectivity index (χ0v) is 21.0. The van der Waals surface area contributed by atoms with Crippen molar-refractivity contribution in [2.24, 2.45) is 0 Å². The number of imidazole rings is 2. The van der Waals surface area contributed by atoms with E-state index in [1.807, 2.05) is 12.4 Å². The summed E-state index contributed by atoms with van der Waals surface area (Å²) in [5.74, 6) is 8.59. The molecule has 2 atom stereocenters. The number of likely N-dealkylation sites (tertiary alicyclic amines) is 2. The largest absolute Gasteiger partial charge is 0.341 e. The van der Waals surface area contributed by atoms with E-state index in [-0.39, 0.29) is 0 Å². The molecule has 0 amide bonds. The summed E-state index contributed by atoms with van der Waals surface area (Å²) in [6.07, 6.45) is 8.58. The van der Waals surface area contributed by atoms with E-state index < -0.39 is 0 Å². The number of aromatic amines is 2. The molecule has 0 bridgehead atoms. The molecule has 0 aliphatic carbocycles. The zero-order chi connectivity index (χ0) is 24.5. The molecule has 6 rings (SSSR count). The standard InChI is InChI=1S/C30H32N6/c1-35-17-3-5-27(35)29-31-19-25(33-29)16-9-21-7-10-22(11-8-21)23-12-14-24(15-13-23)26-20-32-30(34-26)28-6-4-18-36(28)2/h7-8,10-15,19-20,27-28H,3-6,17-18H2,1-2H3,(H,31,33)(H,32,34). The summed E-state index contributed by atoms with van der Waals surface area (Å²) in [5.41, 5.74) is 6.45. The maximum atomic E-state index is 4.66. The Morgan fingerprint density at radius 2 is 1.25 bits per heavy atom. The molecule has 2 aliphatic rings. The molecule has 4 heterocycles. The van der Waals surface area contributed by atoms with Crippen LogP contribution in [0.5, 0.6) is 0 Å². The van der Waals surface area contributed by atoms with Crippen LogP contribution in [0.15, 0.2) is 60.9 Å². The van der Waals surface area contributed by atoms with Gasteiger partial charge in [-0.2, -0.15) is 0 Å². The Morgan fingerprint density at radius 3 is 1.86 bits per heavy atom. The van der Waals surface area contributed by atoms with Gasteiger partial charge in [0.2, 0.25) is 0 Å². The van der Waals surface area contributed by atoms with Crippen LogP contribution in [0.4, 0.5) is 0 Å². The van der Waals surface area contributed by atoms with E-state index in [0.29, 0.717) is 12.1 Å². The van der Waals surface area contributed by atoms with Crippen molar-refractivity contribution >= 4 is 0 Å². The minimum Gasteiger partial charge on any atom is -0.341 e. The molecule has 6 heteroatoms. The van der Waals surface area contributed by atoms with Crippen LogP contribution in [0.1, 0.15) is 60.7 Å². The summed E-state index contributed by atoms with van der Waals surface area (Å²) in [4.78, 5) is 20.9. The van der Waals surface area contributed by atoms with Crippen molar-refractivity contribution in [3.8, 4) is 34.2 Å². The van der Waals surface area contributed by atoms with E-state index in [9.17, 15) is 0 Å². The number of aromatic nitrogens is 4. The van der Waals surface area contributed by atoms with Gasteiger partial charge in [0.15, 0.2) is 0 Å². The number of hydrogen-bond donors (Lipinski definition) is 2. The molecule has 2 N–H and O–H groups in total. The zero-order valence-electron chi connectivity index (χ0n) is 21.0. The SMILES string of the molecule is CN1CCCC1c1ncc(C#Cc2ccc(-c3ccc(-c4cnc(C5CCCN5C)[nH]4)cc3)cc2)[nH]1. The molecule has 2 fully saturated rings. The maximum Gasteiger partial charge on any atom is 0.124 e. The lowest BCUT2D eigenvalue weighted by Gasteiger charge is -2.16. The third-order valence-electron chi connectivity index (χ3n) is 7.62. The molecule has 2 aliphatic heterocycles. The molecule has 4 aromatic rings. The number of benzene rings is 2. The fourth-order valence-electron chi connectivity index (χ4n) is 5.46. The molecular weight excluding hydrogens is 444 g/mol. The Morgan fingerprint density at radius 1 is 0.694 bits per heavy atom. The second-order valence-corrected chi connectivity index (χ2v) is 10.0. The van der Waals surface area contributed by atoms with Gasteiger partial charge in [0, 0.05) is 5.56 Å². The average molecular weight is 477 g/mol. The van der Waals surface area contributed by atoms with Gasteiger partial charge in [-0.15, -0.1) is 0 Å². The number of hydrogen-bond acceptors (Lipinski definition) is 4. The smallest absolute Gasteiger partial charge is 0.124 e. The van der Waals surface area contributed by atoms with E-state index in [1.165, 1.54) is 30.4 Å². The second-order valence-electron chi connectivity index (χ2n) is 10.0. The number of nitrogens with zero attached hydrogens (tertiary/aromatic N) is 4. The second kappa shape index (κ2) is 9.77. The molecule has 36 heavy (non-hydrogen) atoms. The van der Waals surface area contributed by atoms with Gasteiger partial charge in [-0.05, 0) is 87.6 Å². The highest BCUT2D eigenvalue weighted by molar-refractivity contribution is 5.69. The Labute approximate surface area is 212 Å². The van der Waals surface area contributed by atoms with Crippen molar-refractivity contribution < 1.29 is 0 Å². The topological polar surface area (TPSA) is 63.8 Å². The highest BCUT2D eigenvalue weighted by Gasteiger charge is 2.25. The van der Waals surface area contributed by atoms with Gasteiger partial charge in [0.05, 0.1) is 30.2 Å². The molecule has 2 saturated heterocycles. The summed E-state index contributed by atoms with van der Waals surface area (Å²) >= 11 is 0. The normalized spacial score (nSPS) is 20.5. The third kappa shape index (κ3) is 4.60. The molecule has 0 radical (unpaired) electrons. The quantitative estimate of drug-likeness (QED) is 0.387. The maximum absolute atomic E-state index is 4.66. The van der Waals surface area contributed by atoms with E-state index in [1.54, 1.807) is 0 Å². The van der Waals surface area contributed by atoms with Gasteiger partial charge in [-0.3, -0.25) is 9.80 Å². The van der Waals surface area contributed by atoms with E-state index in [0.717, 1.165) is 53.7 Å². The van der Waals surface area contributed by atoms with E-state index >= 15 is 0 Å². The Hall–Kier alpha value is -3.66. The fourth-order valence-corrected chi connectivity index (χ4v) is 5.46. The molecule has 2 aromatic carbocycles. The van der Waals surface area contributed by atoms with Crippen molar-refractivity contribution in [3.63, 3.8) is 0 Å². The first kappa shape index (κ1) is 22.8. The van der Waals surface area contributed by atoms with E-state index in [2.05, 4.69) is 104 Å². The van der Waals surface area contributed by atoms with Crippen LogP contribution in [0.25, 0.3) is 22.4 Å². The van der Waals surface area contributed by atoms with Crippen LogP contribution in [0.3, 0.4) is 0 Å². The number of H-pyrrole nitrogens is 2. The van der Waals surface area contributed by atoms with Crippen LogP contribution in [-0.4, -0.2) is 56.9 Å². The van der Waals surface area contributed by atoms with Gasteiger partial charge >= 0.3 is 0 Å². The molecule has 0 saturated carbocycles. The molecule has 2 unspecified atom stereocenters. The predicted molar refractivity (Wildman–Crippen MR) is 143 cm³/mol. The first-order valence-corrected chi connectivity index (χ1v) is 12.9. The molecular formula is C30H32N6. The van der Waals surface area contributed by atoms with Gasteiger partial charge in [-0.1, -0.05) is 42.3 Å². The van der Waals surface area contributed by atoms with E-state index in [4.69, 9.17) is 0 Å². The molecule has 182 valence electrons. The van der Waals surface area contributed by atoms with Gasteiger partial charge in [0.1, 0.15) is 17.3 Å². The summed E-state index contributed by atoms with van der Waals surface area (Å²) < 4.78 is 0. The molecule has 2 aromatic heterocycles. The number of rotatable bonds is 4. The Bertz CT molecular complexity index is 1390. The first-order chi connectivity index (χ1) is 17.6. The predicted octanol–water partition coefficient (Wildman–Crippen LogP) is 5.40. The van der Waals surface area contributed by atoms with Crippen LogP contribution in [0.2, 0.25) is 0 Å². The minimum atomic E-state index is 0.385. The average Bonchev–Trinajstić information content (AvgIpc) is 3.71. The fraction of sp³-hybridized carbons (Fsp3) is 0.333. The summed E-state index contributed by atoms with van der Waals surface area (Å²) in [5, 5.41) is 0. The van der Waals surface area contributed by atoms with Crippen LogP contribution in [-0.2, 0) is 0 Å². The summed E-state index contributed by atoms with van der Waals surface area (Å²) in [6.45, 7) is 2.27. The highest BCUT2D eigenvalue weighted by atomic mass is 15.2. The Kier molecular flexibility index (Phi) is 6.18. The van der Waals surface area contributed by atoms with Crippen molar-refractivity contribution in [1.82, 2.24) is 29.7 Å². The minimum absolute atomic E-state index is 0.385. The summed E-state index contributed by atoms with van der Waals surface area (Å²) in [6, 6.07) is 17.9. The van der Waals surface area contributed by atoms with Gasteiger partial charge in [0.25, 0.3) is 0 Å². The lowest BCUT2D eigenvalue weighted by molar-refractivity contribution is 0.307. The lowest BCUT2D eigenvalue weighted by Crippen LogP contribution is -2.18. The van der Waals surface area contributed by atoms with Crippen LogP contribution in [0, 0.1) is 11.8 Å². The van der Waals surface area contributed by atoms with Crippen molar-refractivity contribution in [3.05, 3.63) is 83.8 Å². The molecule has 6 nitrogen and oxygen atoms in total. The highest BCUT2D eigenvalue weighted by Crippen LogP contribution is 2.31. The monoisotopic (exact) mass is 476 g/mol. The van der Waals surface area contributed by atoms with Crippen LogP contribution < -0.4 is 0 Å². The summed E-state index contributed by atoms with van der Waals surface area (Å²) in [7, 11) is 4.33. The third-order valence-corrected chi connectivity index (χ3v) is 7.62. The van der Waals surface area contributed by atoms with Crippen molar-refractivity contribution in [1.29, 1.82) is 0 Å². The number of nitrogens with one attached hydrogen (secondary N) is 2. The lowest BCUT2D eigenvalue weighted by atomic mass is 10.0. The van der Waals surface area contributed by atoms with Gasteiger partial charge < -0.3 is 9.97 Å². The molecule has 0 spiro atoms. The van der Waals surface area contributed by atoms with Crippen molar-refractivity contribution in [2.45, 2.75) is 37.8 Å². The van der Waals surface area contributed by atoms with Gasteiger partial charge in [-0.25, -0.2) is 9.97 Å². The first-order valence-electron chi connectivity index (χ1n) is 12.9. The van der Waals surface area contributed by atoms with Crippen LogP contribution >= 0.6 is 0 Å². The Balaban J connectivity index is 1.12. The van der Waals surface area contributed by atoms with Crippen molar-refractivity contribution in [2.75, 3.05) is 27.2 Å².